The first-order valence-electron chi connectivity index (χ1n) is 9.84. The number of amides is 1. The zero-order chi connectivity index (χ0) is 19.9. The van der Waals surface area contributed by atoms with E-state index in [0.29, 0.717) is 11.5 Å². The van der Waals surface area contributed by atoms with Gasteiger partial charge in [-0.25, -0.2) is 9.97 Å². The minimum Gasteiger partial charge on any atom is -0.495 e. The average molecular weight is 383 g/mol. The number of anilines is 2. The van der Waals surface area contributed by atoms with Crippen LogP contribution in [0.4, 0.5) is 11.6 Å². The van der Waals surface area contributed by atoms with E-state index in [4.69, 9.17) is 4.74 Å². The first-order valence-corrected chi connectivity index (χ1v) is 9.84. The predicted molar refractivity (Wildman–Crippen MR) is 111 cm³/mol. The van der Waals surface area contributed by atoms with Gasteiger partial charge < -0.3 is 19.4 Å². The Kier molecular flexibility index (Phi) is 6.68. The molecule has 1 amide bonds. The van der Waals surface area contributed by atoms with Crippen LogP contribution in [0.2, 0.25) is 0 Å². The van der Waals surface area contributed by atoms with E-state index in [2.05, 4.69) is 32.8 Å². The van der Waals surface area contributed by atoms with Crippen LogP contribution in [0.5, 0.6) is 5.75 Å². The van der Waals surface area contributed by atoms with Crippen molar-refractivity contribution in [1.29, 1.82) is 0 Å². The number of piperazine rings is 1. The number of methoxy groups -OCH3 is 1. The van der Waals surface area contributed by atoms with Crippen LogP contribution in [0.15, 0.2) is 36.7 Å². The van der Waals surface area contributed by atoms with Gasteiger partial charge in [0, 0.05) is 52.2 Å². The van der Waals surface area contributed by atoms with E-state index in [0.717, 1.165) is 57.0 Å². The second-order valence-electron chi connectivity index (χ2n) is 7.00. The fourth-order valence-corrected chi connectivity index (χ4v) is 3.35. The molecule has 2 heterocycles. The Morgan fingerprint density at radius 1 is 1.11 bits per heavy atom. The second kappa shape index (κ2) is 9.39. The lowest BCUT2D eigenvalue weighted by molar-refractivity contribution is 0.0792. The molecule has 1 aromatic carbocycles. The average Bonchev–Trinajstić information content (AvgIpc) is 2.77. The number of hydrogen-bond donors (Lipinski definition) is 0. The third kappa shape index (κ3) is 4.52. The topological polar surface area (TPSA) is 61.8 Å². The standard InChI is InChI=1S/C21H29N5O2/c1-4-5-10-24(2)20(27)17-15-22-21(23-16-17)26-13-11-25(12-14-26)18-8-6-7-9-19(18)28-3/h6-9,15-16H,4-5,10-14H2,1-3H3. The summed E-state index contributed by atoms with van der Waals surface area (Å²) in [5.74, 6) is 1.54. The van der Waals surface area contributed by atoms with E-state index in [1.165, 1.54) is 0 Å². The van der Waals surface area contributed by atoms with E-state index in [9.17, 15) is 4.79 Å². The molecule has 0 bridgehead atoms. The number of benzene rings is 1. The Hall–Kier alpha value is -2.83. The number of carbonyl (C=O) groups excluding carboxylic acids is 1. The van der Waals surface area contributed by atoms with E-state index >= 15 is 0 Å². The molecule has 0 unspecified atom stereocenters. The van der Waals surface area contributed by atoms with Gasteiger partial charge in [-0.15, -0.1) is 0 Å². The Bertz CT molecular complexity index is 773. The Morgan fingerprint density at radius 2 is 1.75 bits per heavy atom. The van der Waals surface area contributed by atoms with E-state index in [-0.39, 0.29) is 5.91 Å². The molecule has 150 valence electrons. The third-order valence-electron chi connectivity index (χ3n) is 5.07. The fourth-order valence-electron chi connectivity index (χ4n) is 3.35. The highest BCUT2D eigenvalue weighted by atomic mass is 16.5. The van der Waals surface area contributed by atoms with Crippen LogP contribution in [-0.2, 0) is 0 Å². The van der Waals surface area contributed by atoms with Crippen molar-refractivity contribution in [1.82, 2.24) is 14.9 Å². The van der Waals surface area contributed by atoms with Gasteiger partial charge in [-0.3, -0.25) is 4.79 Å². The summed E-state index contributed by atoms with van der Waals surface area (Å²) in [7, 11) is 3.52. The quantitative estimate of drug-likeness (QED) is 0.733. The van der Waals surface area contributed by atoms with Crippen molar-refractivity contribution in [2.75, 3.05) is 56.7 Å². The molecule has 1 aromatic heterocycles. The molecule has 0 spiro atoms. The van der Waals surface area contributed by atoms with Gasteiger partial charge >= 0.3 is 0 Å². The molecule has 1 aliphatic heterocycles. The van der Waals surface area contributed by atoms with Crippen molar-refractivity contribution in [2.45, 2.75) is 19.8 Å². The summed E-state index contributed by atoms with van der Waals surface area (Å²) >= 11 is 0. The molecular weight excluding hydrogens is 354 g/mol. The van der Waals surface area contributed by atoms with Gasteiger partial charge in [0.1, 0.15) is 5.75 Å². The van der Waals surface area contributed by atoms with Crippen LogP contribution in [0.1, 0.15) is 30.1 Å². The highest BCUT2D eigenvalue weighted by Gasteiger charge is 2.21. The van der Waals surface area contributed by atoms with Crippen molar-refractivity contribution >= 4 is 17.5 Å². The summed E-state index contributed by atoms with van der Waals surface area (Å²) in [4.78, 5) is 27.5. The predicted octanol–water partition coefficient (Wildman–Crippen LogP) is 2.68. The summed E-state index contributed by atoms with van der Waals surface area (Å²) < 4.78 is 5.47. The number of aromatic nitrogens is 2. The lowest BCUT2D eigenvalue weighted by atomic mass is 10.2. The Labute approximate surface area is 166 Å². The molecule has 1 aliphatic rings. The highest BCUT2D eigenvalue weighted by molar-refractivity contribution is 5.93. The number of ether oxygens (including phenoxy) is 1. The second-order valence-corrected chi connectivity index (χ2v) is 7.00. The summed E-state index contributed by atoms with van der Waals surface area (Å²) in [6.45, 7) is 6.24. The van der Waals surface area contributed by atoms with Crippen molar-refractivity contribution < 1.29 is 9.53 Å². The number of nitrogens with zero attached hydrogens (tertiary/aromatic N) is 5. The Morgan fingerprint density at radius 3 is 2.39 bits per heavy atom. The lowest BCUT2D eigenvalue weighted by Crippen LogP contribution is -2.47. The molecule has 0 saturated carbocycles. The van der Waals surface area contributed by atoms with Crippen LogP contribution >= 0.6 is 0 Å². The number of hydrogen-bond acceptors (Lipinski definition) is 6. The zero-order valence-corrected chi connectivity index (χ0v) is 17.0. The smallest absolute Gasteiger partial charge is 0.256 e. The van der Waals surface area contributed by atoms with Crippen LogP contribution in [0.3, 0.4) is 0 Å². The molecule has 28 heavy (non-hydrogen) atoms. The SMILES string of the molecule is CCCCN(C)C(=O)c1cnc(N2CCN(c3ccccc3OC)CC2)nc1. The van der Waals surface area contributed by atoms with Crippen LogP contribution in [0.25, 0.3) is 0 Å². The first-order chi connectivity index (χ1) is 13.6. The molecule has 2 aromatic rings. The molecule has 7 nitrogen and oxygen atoms in total. The summed E-state index contributed by atoms with van der Waals surface area (Å²) in [6, 6.07) is 8.08. The third-order valence-corrected chi connectivity index (χ3v) is 5.07. The van der Waals surface area contributed by atoms with Crippen LogP contribution in [0, 0.1) is 0 Å². The molecule has 7 heteroatoms. The molecule has 1 fully saturated rings. The maximum atomic E-state index is 12.4. The maximum Gasteiger partial charge on any atom is 0.256 e. The molecule has 0 radical (unpaired) electrons. The normalized spacial score (nSPS) is 14.1. The minimum atomic E-state index is -0.0269. The van der Waals surface area contributed by atoms with Crippen molar-refractivity contribution in [2.24, 2.45) is 0 Å². The number of carbonyl (C=O) groups is 1. The minimum absolute atomic E-state index is 0.0269. The maximum absolute atomic E-state index is 12.4. The summed E-state index contributed by atoms with van der Waals surface area (Å²) in [6.07, 6.45) is 5.34. The molecular formula is C21H29N5O2. The highest BCUT2D eigenvalue weighted by Crippen LogP contribution is 2.28. The zero-order valence-electron chi connectivity index (χ0n) is 17.0. The molecule has 0 aliphatic carbocycles. The van der Waals surface area contributed by atoms with Crippen molar-refractivity contribution in [3.05, 3.63) is 42.2 Å². The molecule has 0 N–H and O–H groups in total. The van der Waals surface area contributed by atoms with Gasteiger partial charge in [0.05, 0.1) is 18.4 Å². The van der Waals surface area contributed by atoms with Gasteiger partial charge in [0.15, 0.2) is 0 Å². The number of rotatable bonds is 7. The van der Waals surface area contributed by atoms with E-state index < -0.39 is 0 Å². The molecule has 0 atom stereocenters. The van der Waals surface area contributed by atoms with Crippen LogP contribution < -0.4 is 14.5 Å². The van der Waals surface area contributed by atoms with Gasteiger partial charge in [-0.1, -0.05) is 25.5 Å². The molecule has 1 saturated heterocycles. The van der Waals surface area contributed by atoms with Gasteiger partial charge in [0.25, 0.3) is 5.91 Å². The van der Waals surface area contributed by atoms with Gasteiger partial charge in [-0.05, 0) is 18.6 Å². The first kappa shape index (κ1) is 19.9. The monoisotopic (exact) mass is 383 g/mol. The van der Waals surface area contributed by atoms with E-state index in [1.54, 1.807) is 24.4 Å². The fraction of sp³-hybridized carbons (Fsp3) is 0.476. The number of para-hydroxylation sites is 2. The Balaban J connectivity index is 1.59. The summed E-state index contributed by atoms with van der Waals surface area (Å²) in [5, 5.41) is 0. The summed E-state index contributed by atoms with van der Waals surface area (Å²) in [5.41, 5.74) is 1.65. The largest absolute Gasteiger partial charge is 0.495 e. The lowest BCUT2D eigenvalue weighted by Gasteiger charge is -2.36. The van der Waals surface area contributed by atoms with Gasteiger partial charge in [-0.2, -0.15) is 0 Å². The van der Waals surface area contributed by atoms with Gasteiger partial charge in [0.2, 0.25) is 5.95 Å². The van der Waals surface area contributed by atoms with Crippen molar-refractivity contribution in [3.63, 3.8) is 0 Å². The van der Waals surface area contributed by atoms with E-state index in [1.807, 2.05) is 25.2 Å². The molecule has 3 rings (SSSR count). The van der Waals surface area contributed by atoms with Crippen molar-refractivity contribution in [3.8, 4) is 5.75 Å². The van der Waals surface area contributed by atoms with Crippen LogP contribution in [-0.4, -0.2) is 67.7 Å². The number of unbranched alkanes of at least 4 members (excludes halogenated alkanes) is 1.